The topological polar surface area (TPSA) is 75.5 Å². The van der Waals surface area contributed by atoms with Crippen LogP contribution in [0.2, 0.25) is 0 Å². The maximum absolute atomic E-state index is 12.8. The summed E-state index contributed by atoms with van der Waals surface area (Å²) in [5.41, 5.74) is 3.85. The molecule has 1 aliphatic heterocycles. The standard InChI is InChI=1S/C24H32N6O2S3/c1-17-13-21(33-3)23(24(26-17)34-4)27-22(31)15-29-9-7-28(8-10-29)11-12-35-30-16-25-19-14-18(32-2)5-6-20(19)30/h5-6,13-14,16H,7-12,15H2,1-4H3,(H,27,31). The molecule has 8 nitrogen and oxygen atoms in total. The Labute approximate surface area is 219 Å². The number of fused-ring (bicyclic) bond motifs is 1. The number of nitrogens with zero attached hydrogens (tertiary/aromatic N) is 5. The summed E-state index contributed by atoms with van der Waals surface area (Å²) in [5.74, 6) is 1.82. The molecule has 1 saturated heterocycles. The Bertz CT molecular complexity index is 1140. The molecule has 0 unspecified atom stereocenters. The molecule has 1 fully saturated rings. The zero-order valence-corrected chi connectivity index (χ0v) is 23.1. The van der Waals surface area contributed by atoms with Gasteiger partial charge in [-0.3, -0.25) is 18.6 Å². The molecule has 188 valence electrons. The number of amides is 1. The summed E-state index contributed by atoms with van der Waals surface area (Å²) in [5, 5.41) is 3.99. The van der Waals surface area contributed by atoms with E-state index in [0.29, 0.717) is 6.54 Å². The minimum absolute atomic E-state index is 0.0221. The summed E-state index contributed by atoms with van der Waals surface area (Å²) in [4.78, 5) is 27.6. The predicted molar refractivity (Wildman–Crippen MR) is 148 cm³/mol. The molecule has 35 heavy (non-hydrogen) atoms. The number of carbonyl (C=O) groups excluding carboxylic acids is 1. The highest BCUT2D eigenvalue weighted by atomic mass is 32.2. The highest BCUT2D eigenvalue weighted by Crippen LogP contribution is 2.33. The van der Waals surface area contributed by atoms with Gasteiger partial charge in [0.15, 0.2) is 0 Å². The lowest BCUT2D eigenvalue weighted by molar-refractivity contribution is -0.117. The Morgan fingerprint density at radius 3 is 2.60 bits per heavy atom. The summed E-state index contributed by atoms with van der Waals surface area (Å²) in [6, 6.07) is 8.01. The molecular weight excluding hydrogens is 501 g/mol. The van der Waals surface area contributed by atoms with Crippen molar-refractivity contribution in [3.8, 4) is 5.75 Å². The van der Waals surface area contributed by atoms with Crippen molar-refractivity contribution >= 4 is 58.1 Å². The van der Waals surface area contributed by atoms with Crippen LogP contribution in [0.5, 0.6) is 5.75 Å². The first-order chi connectivity index (χ1) is 17.0. The number of pyridine rings is 1. The van der Waals surface area contributed by atoms with E-state index in [1.54, 1.807) is 42.6 Å². The number of methoxy groups -OCH3 is 1. The van der Waals surface area contributed by atoms with E-state index in [-0.39, 0.29) is 5.91 Å². The van der Waals surface area contributed by atoms with Crippen molar-refractivity contribution in [2.45, 2.75) is 16.8 Å². The molecule has 0 spiro atoms. The van der Waals surface area contributed by atoms with E-state index in [1.807, 2.05) is 44.0 Å². The van der Waals surface area contributed by atoms with Gasteiger partial charge >= 0.3 is 0 Å². The van der Waals surface area contributed by atoms with Crippen molar-refractivity contribution in [2.24, 2.45) is 0 Å². The molecule has 0 saturated carbocycles. The second kappa shape index (κ2) is 12.4. The van der Waals surface area contributed by atoms with E-state index >= 15 is 0 Å². The van der Waals surface area contributed by atoms with E-state index < -0.39 is 0 Å². The third-order valence-electron chi connectivity index (χ3n) is 5.95. The van der Waals surface area contributed by atoms with Gasteiger partial charge in [-0.05, 0) is 49.6 Å². The molecule has 3 aromatic rings. The molecule has 0 bridgehead atoms. The molecule has 0 aliphatic carbocycles. The molecule has 11 heteroatoms. The number of anilines is 1. The van der Waals surface area contributed by atoms with Gasteiger partial charge in [0, 0.05) is 55.1 Å². The second-order valence-electron chi connectivity index (χ2n) is 8.27. The van der Waals surface area contributed by atoms with E-state index in [1.165, 1.54) is 0 Å². The van der Waals surface area contributed by atoms with Gasteiger partial charge in [-0.2, -0.15) is 0 Å². The van der Waals surface area contributed by atoms with Crippen LogP contribution in [0, 0.1) is 6.92 Å². The average Bonchev–Trinajstić information content (AvgIpc) is 3.27. The third kappa shape index (κ3) is 6.65. The minimum atomic E-state index is 0.0221. The fourth-order valence-electron chi connectivity index (χ4n) is 4.06. The molecular formula is C24H32N6O2S3. The largest absolute Gasteiger partial charge is 0.497 e. The molecule has 1 aliphatic rings. The fourth-order valence-corrected chi connectivity index (χ4v) is 6.31. The van der Waals surface area contributed by atoms with Crippen LogP contribution in [0.15, 0.2) is 40.5 Å². The summed E-state index contributed by atoms with van der Waals surface area (Å²) < 4.78 is 7.41. The molecule has 4 rings (SSSR count). The number of thioether (sulfide) groups is 2. The Balaban J connectivity index is 1.22. The van der Waals surface area contributed by atoms with Crippen molar-refractivity contribution in [1.82, 2.24) is 23.7 Å². The van der Waals surface area contributed by atoms with Gasteiger partial charge in [0.2, 0.25) is 5.91 Å². The lowest BCUT2D eigenvalue weighted by Crippen LogP contribution is -2.49. The summed E-state index contributed by atoms with van der Waals surface area (Å²) in [7, 11) is 1.67. The second-order valence-corrected chi connectivity index (χ2v) is 11.0. The maximum Gasteiger partial charge on any atom is 0.238 e. The van der Waals surface area contributed by atoms with Crippen molar-refractivity contribution in [1.29, 1.82) is 0 Å². The predicted octanol–water partition coefficient (Wildman–Crippen LogP) is 3.94. The highest BCUT2D eigenvalue weighted by molar-refractivity contribution is 7.99. The molecule has 1 N–H and O–H groups in total. The van der Waals surface area contributed by atoms with Crippen LogP contribution >= 0.6 is 35.5 Å². The SMILES string of the molecule is COc1ccc2c(c1)ncn2SCCN1CCN(CC(=O)Nc2c(SC)cc(C)nc2SC)CC1. The van der Waals surface area contributed by atoms with Gasteiger partial charge in [-0.1, -0.05) is 0 Å². The zero-order valence-electron chi connectivity index (χ0n) is 20.6. The van der Waals surface area contributed by atoms with Crippen LogP contribution in [0.1, 0.15) is 5.69 Å². The summed E-state index contributed by atoms with van der Waals surface area (Å²) >= 11 is 4.97. The summed E-state index contributed by atoms with van der Waals surface area (Å²) in [6.45, 7) is 7.11. The Kier molecular flexibility index (Phi) is 9.23. The number of hydrogen-bond donors (Lipinski definition) is 1. The monoisotopic (exact) mass is 532 g/mol. The van der Waals surface area contributed by atoms with Gasteiger partial charge in [0.05, 0.1) is 30.4 Å². The Hall–Kier alpha value is -1.92. The molecule has 0 atom stereocenters. The van der Waals surface area contributed by atoms with Gasteiger partial charge in [0.1, 0.15) is 17.1 Å². The van der Waals surface area contributed by atoms with Gasteiger partial charge in [-0.15, -0.1) is 23.5 Å². The molecule has 1 amide bonds. The zero-order chi connectivity index (χ0) is 24.8. The number of rotatable bonds is 10. The number of nitrogens with one attached hydrogen (secondary N) is 1. The fraction of sp³-hybridized carbons (Fsp3) is 0.458. The van der Waals surface area contributed by atoms with Crippen LogP contribution in [-0.2, 0) is 4.79 Å². The number of carbonyl (C=O) groups is 1. The van der Waals surface area contributed by atoms with Gasteiger partial charge in [-0.25, -0.2) is 9.97 Å². The number of aryl methyl sites for hydroxylation is 1. The molecule has 0 radical (unpaired) electrons. The highest BCUT2D eigenvalue weighted by Gasteiger charge is 2.20. The van der Waals surface area contributed by atoms with Crippen LogP contribution in [0.25, 0.3) is 11.0 Å². The number of ether oxygens (including phenoxy) is 1. The van der Waals surface area contributed by atoms with Crippen molar-refractivity contribution in [2.75, 3.05) is 70.0 Å². The number of aromatic nitrogens is 3. The third-order valence-corrected chi connectivity index (χ3v) is 8.33. The first-order valence-electron chi connectivity index (χ1n) is 11.5. The smallest absolute Gasteiger partial charge is 0.238 e. The number of hydrogen-bond acceptors (Lipinski definition) is 9. The quantitative estimate of drug-likeness (QED) is 0.391. The first kappa shape index (κ1) is 26.2. The van der Waals surface area contributed by atoms with Crippen LogP contribution in [0.3, 0.4) is 0 Å². The lowest BCUT2D eigenvalue weighted by Gasteiger charge is -2.34. The number of benzene rings is 1. The Morgan fingerprint density at radius 1 is 1.11 bits per heavy atom. The van der Waals surface area contributed by atoms with Crippen molar-refractivity contribution < 1.29 is 9.53 Å². The normalized spacial score (nSPS) is 15.0. The van der Waals surface area contributed by atoms with E-state index in [2.05, 4.69) is 35.1 Å². The lowest BCUT2D eigenvalue weighted by atomic mass is 10.3. The van der Waals surface area contributed by atoms with Gasteiger partial charge < -0.3 is 10.1 Å². The Morgan fingerprint density at radius 2 is 1.89 bits per heavy atom. The number of piperazine rings is 1. The van der Waals surface area contributed by atoms with Crippen LogP contribution in [-0.4, -0.2) is 94.3 Å². The van der Waals surface area contributed by atoms with E-state index in [9.17, 15) is 4.79 Å². The molecule has 2 aromatic heterocycles. The maximum atomic E-state index is 12.8. The molecule has 3 heterocycles. The minimum Gasteiger partial charge on any atom is -0.497 e. The van der Waals surface area contributed by atoms with Crippen molar-refractivity contribution in [3.63, 3.8) is 0 Å². The number of imidazole rings is 1. The molecule has 1 aromatic carbocycles. The first-order valence-corrected chi connectivity index (χ1v) is 14.9. The van der Waals surface area contributed by atoms with Crippen LogP contribution < -0.4 is 10.1 Å². The van der Waals surface area contributed by atoms with Crippen LogP contribution in [0.4, 0.5) is 5.69 Å². The van der Waals surface area contributed by atoms with E-state index in [0.717, 1.165) is 76.6 Å². The average molecular weight is 533 g/mol. The van der Waals surface area contributed by atoms with E-state index in [4.69, 9.17) is 4.74 Å². The van der Waals surface area contributed by atoms with Gasteiger partial charge in [0.25, 0.3) is 0 Å². The summed E-state index contributed by atoms with van der Waals surface area (Å²) in [6.07, 6.45) is 5.89. The van der Waals surface area contributed by atoms with Crippen molar-refractivity contribution in [3.05, 3.63) is 36.3 Å².